The van der Waals surface area contributed by atoms with Gasteiger partial charge in [0.15, 0.2) is 0 Å². The molecular weight excluding hydrogens is 329 g/mol. The Labute approximate surface area is 69.7 Å². The summed E-state index contributed by atoms with van der Waals surface area (Å²) in [5.74, 6) is 0. The van der Waals surface area contributed by atoms with E-state index in [2.05, 4.69) is 6.79 Å². The summed E-state index contributed by atoms with van der Waals surface area (Å²) in [5.41, 5.74) is 0. The molecule has 0 aromatic rings. The molecular formula is CH3Cl3OPt. The van der Waals surface area contributed by atoms with E-state index in [9.17, 15) is 0 Å². The number of rotatable bonds is 0. The van der Waals surface area contributed by atoms with Gasteiger partial charge in [-0.3, -0.25) is 4.79 Å². The van der Waals surface area contributed by atoms with Crippen LogP contribution in [-0.4, -0.2) is 6.79 Å². The van der Waals surface area contributed by atoms with E-state index in [0.717, 1.165) is 0 Å². The van der Waals surface area contributed by atoms with Gasteiger partial charge in [0.05, 0.1) is 0 Å². The van der Waals surface area contributed by atoms with Gasteiger partial charge in [0, 0.05) is 21.1 Å². The molecule has 6 heavy (non-hydrogen) atoms. The molecule has 0 N–H and O–H groups in total. The number of halogens is 3. The van der Waals surface area contributed by atoms with Gasteiger partial charge in [0.1, 0.15) is 0 Å². The van der Waals surface area contributed by atoms with E-state index < -0.39 is 0 Å². The van der Waals surface area contributed by atoms with Crippen LogP contribution in [0.1, 0.15) is 0 Å². The molecule has 0 fully saturated rings. The van der Waals surface area contributed by atoms with E-state index in [1.54, 1.807) is 0 Å². The third kappa shape index (κ3) is 62.0. The molecule has 1 nitrogen and oxygen atoms in total. The Bertz CT molecular complexity index is 10.8. The van der Waals surface area contributed by atoms with Crippen LogP contribution in [0.3, 0.4) is 0 Å². The van der Waals surface area contributed by atoms with Crippen molar-refractivity contribution >= 4 is 44.0 Å². The fourth-order valence-electron chi connectivity index (χ4n) is 0. The molecule has 0 bridgehead atoms. The summed E-state index contributed by atoms with van der Waals surface area (Å²) in [6.07, 6.45) is 0. The molecule has 0 atom stereocenters. The molecule has 0 heterocycles. The van der Waals surface area contributed by atoms with Crippen molar-refractivity contribution in [2.24, 2.45) is 0 Å². The monoisotopic (exact) mass is 331 g/mol. The minimum Gasteiger partial charge on any atom is -0.281 e. The molecule has 0 aromatic heterocycles. The largest absolute Gasteiger partial charge is 0.281 e. The Morgan fingerprint density at radius 2 is 0.833 bits per heavy atom. The first-order valence-corrected chi connectivity index (χ1v) is 0.204. The second-order valence-corrected chi connectivity index (χ2v) is 0. The molecule has 0 saturated heterocycles. The van der Waals surface area contributed by atoms with Crippen molar-refractivity contribution in [3.05, 3.63) is 0 Å². The van der Waals surface area contributed by atoms with E-state index in [1.807, 2.05) is 0 Å². The van der Waals surface area contributed by atoms with Crippen LogP contribution in [0, 0.1) is 0 Å². The molecule has 0 aliphatic heterocycles. The van der Waals surface area contributed by atoms with Crippen LogP contribution >= 0.6 is 37.2 Å². The molecule has 0 spiro atoms. The van der Waals surface area contributed by atoms with Gasteiger partial charge < -0.3 is 0 Å². The Morgan fingerprint density at radius 1 is 0.833 bits per heavy atom. The van der Waals surface area contributed by atoms with Crippen LogP contribution in [0.15, 0.2) is 0 Å². The molecule has 0 saturated carbocycles. The fourth-order valence-corrected chi connectivity index (χ4v) is 0. The van der Waals surface area contributed by atoms with Crippen LogP contribution in [-0.2, 0) is 25.9 Å². The zero-order chi connectivity index (χ0) is 2.00. The third-order valence-corrected chi connectivity index (χ3v) is 0. The van der Waals surface area contributed by atoms with Gasteiger partial charge in [0.2, 0.25) is 0 Å². The Kier molecular flexibility index (Phi) is 1060. The van der Waals surface area contributed by atoms with E-state index in [1.165, 1.54) is 0 Å². The zero-order valence-corrected chi connectivity index (χ0v) is 7.17. The maximum atomic E-state index is 7.50. The molecule has 0 unspecified atom stereocenters. The SMILES string of the molecule is Cl.Cl.Cl.[C]=O.[Pt]. The van der Waals surface area contributed by atoms with Crippen molar-refractivity contribution in [3.63, 3.8) is 0 Å². The fraction of sp³-hybridized carbons (Fsp3) is 0. The van der Waals surface area contributed by atoms with Crippen LogP contribution in [0.5, 0.6) is 0 Å². The van der Waals surface area contributed by atoms with Crippen LogP contribution in [0.25, 0.3) is 0 Å². The van der Waals surface area contributed by atoms with Crippen molar-refractivity contribution in [1.29, 1.82) is 0 Å². The molecule has 0 aliphatic carbocycles. The summed E-state index contributed by atoms with van der Waals surface area (Å²) in [6.45, 7) is 4.50. The van der Waals surface area contributed by atoms with E-state index >= 15 is 0 Å². The second kappa shape index (κ2) is 113. The first-order valence-electron chi connectivity index (χ1n) is 0.204. The average Bonchev–Trinajstić information content (AvgIpc) is 1.00. The summed E-state index contributed by atoms with van der Waals surface area (Å²) < 4.78 is 0. The topological polar surface area (TPSA) is 17.1 Å². The number of carbonyl (C=O) groups excluding carboxylic acids is 1. The number of hydrogen-bond acceptors (Lipinski definition) is 1. The summed E-state index contributed by atoms with van der Waals surface area (Å²) in [5, 5.41) is 0. The first kappa shape index (κ1) is 56.5. The van der Waals surface area contributed by atoms with Gasteiger partial charge in [-0.05, 0) is 0 Å². The van der Waals surface area contributed by atoms with Crippen molar-refractivity contribution in [2.45, 2.75) is 0 Å². The van der Waals surface area contributed by atoms with Crippen molar-refractivity contribution in [1.82, 2.24) is 0 Å². The van der Waals surface area contributed by atoms with E-state index in [0.29, 0.717) is 0 Å². The van der Waals surface area contributed by atoms with Crippen LogP contribution in [0.4, 0.5) is 0 Å². The average molecular weight is 332 g/mol. The zero-order valence-electron chi connectivity index (χ0n) is 2.45. The van der Waals surface area contributed by atoms with Crippen molar-refractivity contribution < 1.29 is 25.9 Å². The maximum Gasteiger partial charge on any atom is 0.281 e. The van der Waals surface area contributed by atoms with Crippen LogP contribution < -0.4 is 0 Å². The van der Waals surface area contributed by atoms with Crippen molar-refractivity contribution in [2.75, 3.05) is 0 Å². The van der Waals surface area contributed by atoms with Gasteiger partial charge in [-0.25, -0.2) is 0 Å². The predicted molar refractivity (Wildman–Crippen MR) is 27.4 cm³/mol. The Hall–Kier alpha value is 1.23. The van der Waals surface area contributed by atoms with Crippen LogP contribution in [0.2, 0.25) is 0 Å². The second-order valence-electron chi connectivity index (χ2n) is 0. The summed E-state index contributed by atoms with van der Waals surface area (Å²) in [4.78, 5) is 7.50. The van der Waals surface area contributed by atoms with Gasteiger partial charge in [-0.15, -0.1) is 37.2 Å². The summed E-state index contributed by atoms with van der Waals surface area (Å²) >= 11 is 0. The van der Waals surface area contributed by atoms with Gasteiger partial charge in [-0.2, -0.15) is 0 Å². The molecule has 2 radical (unpaired) electrons. The summed E-state index contributed by atoms with van der Waals surface area (Å²) in [6, 6.07) is 0. The third-order valence-electron chi connectivity index (χ3n) is 0. The molecule has 44 valence electrons. The molecule has 0 rings (SSSR count). The molecule has 0 amide bonds. The standard InChI is InChI=1S/CO.3ClH.Pt/c1-2;;;;/h;3*1H;. The van der Waals surface area contributed by atoms with E-state index in [-0.39, 0.29) is 58.3 Å². The first-order chi connectivity index (χ1) is 1.00. The molecule has 0 aliphatic rings. The minimum absolute atomic E-state index is 0. The van der Waals surface area contributed by atoms with Gasteiger partial charge in [-0.1, -0.05) is 0 Å². The van der Waals surface area contributed by atoms with E-state index in [4.69, 9.17) is 4.79 Å². The van der Waals surface area contributed by atoms with Gasteiger partial charge in [0.25, 0.3) is 6.79 Å². The molecule has 0 aromatic carbocycles. The number of hydrogen-bond donors (Lipinski definition) is 0. The predicted octanol–water partition coefficient (Wildman–Crippen LogP) is 0.866. The van der Waals surface area contributed by atoms with Gasteiger partial charge >= 0.3 is 0 Å². The maximum absolute atomic E-state index is 7.50. The quantitative estimate of drug-likeness (QED) is 0.643. The minimum atomic E-state index is 0. The molecule has 5 heteroatoms. The normalized spacial score (nSPS) is 0.667. The van der Waals surface area contributed by atoms with Crippen molar-refractivity contribution in [3.8, 4) is 0 Å². The Balaban J connectivity index is -0.000000000833. The Morgan fingerprint density at radius 3 is 0.833 bits per heavy atom. The smallest absolute Gasteiger partial charge is 0.281 e. The summed E-state index contributed by atoms with van der Waals surface area (Å²) in [7, 11) is 0.